The van der Waals surface area contributed by atoms with E-state index in [2.05, 4.69) is 0 Å². The Hall–Kier alpha value is -1.68. The fourth-order valence-electron chi connectivity index (χ4n) is 1.32. The topological polar surface area (TPSA) is 80.4 Å². The highest BCUT2D eigenvalue weighted by atomic mass is 16.4. The number of hydrogen-bond donors (Lipinski definition) is 2. The van der Waals surface area contributed by atoms with Crippen LogP contribution in [0, 0.1) is 5.92 Å². The van der Waals surface area contributed by atoms with E-state index in [4.69, 9.17) is 10.8 Å². The number of carbonyl (C=O) groups is 1. The van der Waals surface area contributed by atoms with Crippen molar-refractivity contribution in [2.45, 2.75) is 12.5 Å². The molecule has 0 bridgehead atoms. The van der Waals surface area contributed by atoms with Crippen LogP contribution in [0.3, 0.4) is 0 Å². The van der Waals surface area contributed by atoms with Gasteiger partial charge in [0.15, 0.2) is 0 Å². The van der Waals surface area contributed by atoms with Gasteiger partial charge in [-0.25, -0.2) is 0 Å². The third kappa shape index (κ3) is 3.18. The summed E-state index contributed by atoms with van der Waals surface area (Å²) in [7, 11) is 0. The van der Waals surface area contributed by atoms with Gasteiger partial charge in [0.05, 0.1) is 12.0 Å². The van der Waals surface area contributed by atoms with Crippen molar-refractivity contribution >= 4 is 12.3 Å². The maximum Gasteiger partial charge on any atom is 0.308 e. The van der Waals surface area contributed by atoms with E-state index in [0.29, 0.717) is 0 Å². The van der Waals surface area contributed by atoms with E-state index in [1.165, 1.54) is 6.29 Å². The zero-order chi connectivity index (χ0) is 11.3. The molecule has 2 atom stereocenters. The lowest BCUT2D eigenvalue weighted by Gasteiger charge is -2.14. The minimum Gasteiger partial charge on any atom is -0.481 e. The molecule has 15 heavy (non-hydrogen) atoms. The van der Waals surface area contributed by atoms with Gasteiger partial charge in [0.1, 0.15) is 0 Å². The summed E-state index contributed by atoms with van der Waals surface area (Å²) in [6.45, 7) is 0. The minimum atomic E-state index is -1.08. The molecule has 0 spiro atoms. The largest absolute Gasteiger partial charge is 0.481 e. The van der Waals surface area contributed by atoms with Gasteiger partial charge < -0.3 is 10.8 Å². The Kier molecular flexibility index (Phi) is 4.00. The van der Waals surface area contributed by atoms with Gasteiger partial charge in [0.2, 0.25) is 6.29 Å². The molecule has 3 N–H and O–H groups in total. The summed E-state index contributed by atoms with van der Waals surface area (Å²) in [6.07, 6.45) is 1.76. The van der Waals surface area contributed by atoms with Crippen LogP contribution >= 0.6 is 0 Å². The lowest BCUT2D eigenvalue weighted by molar-refractivity contribution is -0.141. The highest BCUT2D eigenvalue weighted by Crippen LogP contribution is 2.11. The Morgan fingerprint density at radius 3 is 2.47 bits per heavy atom. The van der Waals surface area contributed by atoms with Gasteiger partial charge in [-0.05, 0) is 12.0 Å². The lowest BCUT2D eigenvalue weighted by Crippen LogP contribution is -2.38. The number of benzene rings is 1. The molecule has 0 aliphatic heterocycles. The van der Waals surface area contributed by atoms with Gasteiger partial charge in [-0.3, -0.25) is 9.59 Å². The predicted molar refractivity (Wildman–Crippen MR) is 54.9 cm³/mol. The van der Waals surface area contributed by atoms with Crippen LogP contribution in [-0.2, 0) is 16.0 Å². The first-order valence-electron chi connectivity index (χ1n) is 4.55. The van der Waals surface area contributed by atoms with E-state index in [9.17, 15) is 9.59 Å². The maximum atomic E-state index is 10.8. The fourth-order valence-corrected chi connectivity index (χ4v) is 1.32. The number of rotatable bonds is 5. The number of nitrogens with two attached hydrogens (primary N) is 1. The van der Waals surface area contributed by atoms with Crippen LogP contribution in [0.2, 0.25) is 0 Å². The normalized spacial score (nSPS) is 14.2. The molecule has 1 radical (unpaired) electrons. The molecule has 0 heterocycles. The number of carbonyl (C=O) groups excluding carboxylic acids is 1. The SMILES string of the molecule is N[C@H]([C]=O)C(Cc1ccccc1)C(=O)O. The summed E-state index contributed by atoms with van der Waals surface area (Å²) in [5.41, 5.74) is 6.20. The fraction of sp³-hybridized carbons (Fsp3) is 0.273. The number of carboxylic acid groups (broad SMARTS) is 1. The summed E-state index contributed by atoms with van der Waals surface area (Å²) in [4.78, 5) is 21.2. The smallest absolute Gasteiger partial charge is 0.308 e. The van der Waals surface area contributed by atoms with Crippen LogP contribution in [0.25, 0.3) is 0 Å². The molecule has 0 amide bonds. The number of aliphatic carboxylic acids is 1. The Labute approximate surface area is 87.7 Å². The summed E-state index contributed by atoms with van der Waals surface area (Å²) < 4.78 is 0. The highest BCUT2D eigenvalue weighted by Gasteiger charge is 2.25. The maximum absolute atomic E-state index is 10.8. The zero-order valence-electron chi connectivity index (χ0n) is 8.09. The van der Waals surface area contributed by atoms with Crippen LogP contribution in [0.15, 0.2) is 30.3 Å². The van der Waals surface area contributed by atoms with Crippen LogP contribution in [-0.4, -0.2) is 23.4 Å². The first kappa shape index (κ1) is 11.4. The number of hydrogen-bond acceptors (Lipinski definition) is 3. The molecule has 0 saturated heterocycles. The molecular weight excluding hydrogens is 194 g/mol. The van der Waals surface area contributed by atoms with E-state index in [0.717, 1.165) is 5.56 Å². The molecule has 1 rings (SSSR count). The van der Waals surface area contributed by atoms with E-state index in [-0.39, 0.29) is 6.42 Å². The van der Waals surface area contributed by atoms with Gasteiger partial charge >= 0.3 is 5.97 Å². The van der Waals surface area contributed by atoms with Crippen LogP contribution in [0.4, 0.5) is 0 Å². The van der Waals surface area contributed by atoms with Crippen LogP contribution in [0.1, 0.15) is 5.56 Å². The average Bonchev–Trinajstić information content (AvgIpc) is 2.26. The molecule has 0 saturated carbocycles. The van der Waals surface area contributed by atoms with Crippen LogP contribution in [0.5, 0.6) is 0 Å². The van der Waals surface area contributed by atoms with Crippen molar-refractivity contribution in [2.75, 3.05) is 0 Å². The predicted octanol–water partition coefficient (Wildman–Crippen LogP) is 0.367. The average molecular weight is 206 g/mol. The molecule has 1 unspecified atom stereocenters. The first-order chi connectivity index (χ1) is 7.15. The lowest BCUT2D eigenvalue weighted by atomic mass is 9.93. The summed E-state index contributed by atoms with van der Waals surface area (Å²) in [5.74, 6) is -1.99. The van der Waals surface area contributed by atoms with Crippen molar-refractivity contribution in [1.82, 2.24) is 0 Å². The van der Waals surface area contributed by atoms with Gasteiger partial charge in [0.25, 0.3) is 0 Å². The summed E-state index contributed by atoms with van der Waals surface area (Å²) in [6, 6.07) is 7.98. The molecule has 1 aromatic rings. The van der Waals surface area contributed by atoms with E-state index in [1.54, 1.807) is 12.1 Å². The second-order valence-corrected chi connectivity index (χ2v) is 3.28. The molecular formula is C11H12NO3. The Balaban J connectivity index is 2.76. The Bertz CT molecular complexity index is 337. The summed E-state index contributed by atoms with van der Waals surface area (Å²) >= 11 is 0. The van der Waals surface area contributed by atoms with E-state index in [1.807, 2.05) is 18.2 Å². The van der Waals surface area contributed by atoms with Crippen molar-refractivity contribution in [3.8, 4) is 0 Å². The van der Waals surface area contributed by atoms with Crippen molar-refractivity contribution in [1.29, 1.82) is 0 Å². The molecule has 4 heteroatoms. The second kappa shape index (κ2) is 5.26. The van der Waals surface area contributed by atoms with Crippen LogP contribution < -0.4 is 5.73 Å². The molecule has 0 aliphatic carbocycles. The quantitative estimate of drug-likeness (QED) is 0.729. The van der Waals surface area contributed by atoms with E-state index < -0.39 is 17.9 Å². The van der Waals surface area contributed by atoms with Gasteiger partial charge in [0, 0.05) is 0 Å². The van der Waals surface area contributed by atoms with Crippen molar-refractivity contribution < 1.29 is 14.7 Å². The highest BCUT2D eigenvalue weighted by molar-refractivity contribution is 5.77. The molecule has 0 aliphatic rings. The molecule has 0 fully saturated rings. The third-order valence-electron chi connectivity index (χ3n) is 2.19. The third-order valence-corrected chi connectivity index (χ3v) is 2.19. The Morgan fingerprint density at radius 1 is 1.40 bits per heavy atom. The van der Waals surface area contributed by atoms with E-state index >= 15 is 0 Å². The molecule has 0 aromatic heterocycles. The van der Waals surface area contributed by atoms with Gasteiger partial charge in [-0.15, -0.1) is 0 Å². The first-order valence-corrected chi connectivity index (χ1v) is 4.55. The van der Waals surface area contributed by atoms with Gasteiger partial charge in [-0.2, -0.15) is 0 Å². The molecule has 79 valence electrons. The monoisotopic (exact) mass is 206 g/mol. The second-order valence-electron chi connectivity index (χ2n) is 3.28. The van der Waals surface area contributed by atoms with Crippen molar-refractivity contribution in [2.24, 2.45) is 11.7 Å². The standard InChI is InChI=1S/C11H12NO3/c12-10(7-13)9(11(14)15)6-8-4-2-1-3-5-8/h1-5,9-10H,6,12H2,(H,14,15)/t9?,10-/m1/s1. The Morgan fingerprint density at radius 2 is 2.00 bits per heavy atom. The number of carboxylic acids is 1. The van der Waals surface area contributed by atoms with Gasteiger partial charge in [-0.1, -0.05) is 30.3 Å². The summed E-state index contributed by atoms with van der Waals surface area (Å²) in [5, 5.41) is 8.88. The minimum absolute atomic E-state index is 0.243. The van der Waals surface area contributed by atoms with Crippen molar-refractivity contribution in [3.63, 3.8) is 0 Å². The zero-order valence-corrected chi connectivity index (χ0v) is 8.09. The van der Waals surface area contributed by atoms with Crippen molar-refractivity contribution in [3.05, 3.63) is 35.9 Å². The molecule has 4 nitrogen and oxygen atoms in total. The molecule has 1 aromatic carbocycles.